The second kappa shape index (κ2) is 13.3. The molecule has 1 aliphatic heterocycles. The summed E-state index contributed by atoms with van der Waals surface area (Å²) in [7, 11) is 1.39. The lowest BCUT2D eigenvalue weighted by Gasteiger charge is -2.32. The van der Waals surface area contributed by atoms with Gasteiger partial charge in [-0.15, -0.1) is 0 Å². The van der Waals surface area contributed by atoms with E-state index in [1.165, 1.54) is 7.11 Å². The molecule has 196 valence electrons. The molecule has 3 rings (SSSR count). The first-order valence-electron chi connectivity index (χ1n) is 12.6. The van der Waals surface area contributed by atoms with E-state index in [4.69, 9.17) is 14.2 Å². The van der Waals surface area contributed by atoms with Crippen molar-refractivity contribution in [2.45, 2.75) is 52.6 Å². The molecule has 1 fully saturated rings. The molecule has 1 unspecified atom stereocenters. The monoisotopic (exact) mass is 500 g/mol. The summed E-state index contributed by atoms with van der Waals surface area (Å²) in [6, 6.07) is 10.9. The number of amides is 1. The van der Waals surface area contributed by atoms with Gasteiger partial charge in [-0.05, 0) is 68.5 Å². The van der Waals surface area contributed by atoms with Crippen LogP contribution in [0.1, 0.15) is 55.1 Å². The molecule has 1 atom stereocenters. The topological polar surface area (TPSA) is 77.1 Å². The molecule has 0 bridgehead atoms. The minimum Gasteiger partial charge on any atom is -0.491 e. The lowest BCUT2D eigenvalue weighted by atomic mass is 9.99. The smallest absolute Gasteiger partial charge is 0.308 e. The normalized spacial score (nSPS) is 15.2. The number of nitrogens with zero attached hydrogens (tertiary/aromatic N) is 1. The highest BCUT2D eigenvalue weighted by molar-refractivity contribution is 5.94. The van der Waals surface area contributed by atoms with Gasteiger partial charge in [0.05, 0.1) is 26.2 Å². The third-order valence-corrected chi connectivity index (χ3v) is 6.36. The summed E-state index contributed by atoms with van der Waals surface area (Å²) in [6.45, 7) is 8.54. The van der Waals surface area contributed by atoms with E-state index < -0.39 is 5.82 Å². The van der Waals surface area contributed by atoms with Crippen molar-refractivity contribution in [3.8, 4) is 11.5 Å². The predicted octanol–water partition coefficient (Wildman–Crippen LogP) is 4.37. The Kier molecular flexibility index (Phi) is 10.1. The maximum Gasteiger partial charge on any atom is 0.308 e. The Balaban J connectivity index is 1.51. The van der Waals surface area contributed by atoms with E-state index in [-0.39, 0.29) is 35.3 Å². The molecule has 2 aromatic rings. The van der Waals surface area contributed by atoms with E-state index in [9.17, 15) is 14.0 Å². The summed E-state index contributed by atoms with van der Waals surface area (Å²) in [5, 5.41) is 3.14. The van der Waals surface area contributed by atoms with Crippen LogP contribution < -0.4 is 14.8 Å². The fourth-order valence-corrected chi connectivity index (χ4v) is 4.43. The number of carbonyl (C=O) groups excluding carboxylic acids is 2. The second-order valence-corrected chi connectivity index (χ2v) is 9.12. The molecule has 36 heavy (non-hydrogen) atoms. The molecular weight excluding hydrogens is 463 g/mol. The molecule has 1 N–H and O–H groups in total. The van der Waals surface area contributed by atoms with E-state index in [0.29, 0.717) is 31.7 Å². The zero-order chi connectivity index (χ0) is 26.1. The van der Waals surface area contributed by atoms with E-state index in [0.717, 1.165) is 37.1 Å². The molecule has 2 aromatic carbocycles. The van der Waals surface area contributed by atoms with E-state index in [1.807, 2.05) is 32.9 Å². The zero-order valence-electron chi connectivity index (χ0n) is 21.6. The van der Waals surface area contributed by atoms with Crippen LogP contribution in [-0.2, 0) is 22.5 Å². The van der Waals surface area contributed by atoms with Gasteiger partial charge in [0.25, 0.3) is 5.91 Å². The molecular formula is C28H37FN2O5. The molecule has 0 saturated carbocycles. The van der Waals surface area contributed by atoms with Crippen LogP contribution in [0.4, 0.5) is 4.39 Å². The largest absolute Gasteiger partial charge is 0.491 e. The first kappa shape index (κ1) is 27.5. The van der Waals surface area contributed by atoms with Crippen molar-refractivity contribution in [2.75, 3.05) is 33.4 Å². The Morgan fingerprint density at radius 2 is 1.61 bits per heavy atom. The average molecular weight is 501 g/mol. The highest BCUT2D eigenvalue weighted by atomic mass is 19.1. The quantitative estimate of drug-likeness (QED) is 0.462. The van der Waals surface area contributed by atoms with Crippen molar-refractivity contribution in [3.05, 3.63) is 58.9 Å². The van der Waals surface area contributed by atoms with Crippen LogP contribution in [0, 0.1) is 11.7 Å². The molecule has 0 aliphatic carbocycles. The fourth-order valence-electron chi connectivity index (χ4n) is 4.43. The number of methoxy groups -OCH3 is 1. The van der Waals surface area contributed by atoms with Crippen molar-refractivity contribution < 1.29 is 28.2 Å². The van der Waals surface area contributed by atoms with Crippen LogP contribution in [0.15, 0.2) is 36.4 Å². The third-order valence-electron chi connectivity index (χ3n) is 6.36. The van der Waals surface area contributed by atoms with Crippen molar-refractivity contribution in [1.82, 2.24) is 10.2 Å². The standard InChI is InChI=1S/C28H37FN2O5/c1-5-35-24-16-21(17-25(26(24)29)36-6-2)18-31-13-11-23(12-14-31)30-27(32)22-9-7-20(8-10-22)15-19(3)28(33)34-4/h7-10,16-17,19,23H,5-6,11-15,18H2,1-4H3,(H,30,32). The number of ether oxygens (including phenoxy) is 3. The summed E-state index contributed by atoms with van der Waals surface area (Å²) in [5.74, 6) is -0.603. The van der Waals surface area contributed by atoms with Crippen LogP contribution >= 0.6 is 0 Å². The van der Waals surface area contributed by atoms with Gasteiger partial charge in [-0.25, -0.2) is 0 Å². The fraction of sp³-hybridized carbons (Fsp3) is 0.500. The summed E-state index contributed by atoms with van der Waals surface area (Å²) in [5.41, 5.74) is 2.52. The molecule has 1 aliphatic rings. The SMILES string of the molecule is CCOc1cc(CN2CCC(NC(=O)c3ccc(CC(C)C(=O)OC)cc3)CC2)cc(OCC)c1F. The summed E-state index contributed by atoms with van der Waals surface area (Å²) in [6.07, 6.45) is 2.23. The van der Waals surface area contributed by atoms with Crippen molar-refractivity contribution >= 4 is 11.9 Å². The van der Waals surface area contributed by atoms with Crippen molar-refractivity contribution in [2.24, 2.45) is 5.92 Å². The summed E-state index contributed by atoms with van der Waals surface area (Å²) >= 11 is 0. The Bertz CT molecular complexity index is 992. The van der Waals surface area contributed by atoms with Crippen LogP contribution in [0.25, 0.3) is 0 Å². The molecule has 1 heterocycles. The number of rotatable bonds is 11. The first-order chi connectivity index (χ1) is 17.3. The Morgan fingerprint density at radius 1 is 1.03 bits per heavy atom. The number of halogens is 1. The second-order valence-electron chi connectivity index (χ2n) is 9.12. The third kappa shape index (κ3) is 7.43. The molecule has 8 heteroatoms. The van der Waals surface area contributed by atoms with Crippen LogP contribution in [-0.4, -0.2) is 56.2 Å². The van der Waals surface area contributed by atoms with Gasteiger partial charge in [0.15, 0.2) is 11.5 Å². The average Bonchev–Trinajstić information content (AvgIpc) is 2.88. The molecule has 1 amide bonds. The van der Waals surface area contributed by atoms with Gasteiger partial charge < -0.3 is 19.5 Å². The maximum atomic E-state index is 14.5. The van der Waals surface area contributed by atoms with Gasteiger partial charge in [0.2, 0.25) is 5.82 Å². The summed E-state index contributed by atoms with van der Waals surface area (Å²) < 4.78 is 30.2. The number of benzene rings is 2. The molecule has 0 aromatic heterocycles. The van der Waals surface area contributed by atoms with E-state index in [2.05, 4.69) is 10.2 Å². The molecule has 0 radical (unpaired) electrons. The highest BCUT2D eigenvalue weighted by Crippen LogP contribution is 2.30. The number of esters is 1. The molecule has 7 nitrogen and oxygen atoms in total. The first-order valence-corrected chi connectivity index (χ1v) is 12.6. The molecule has 0 spiro atoms. The number of nitrogens with one attached hydrogen (secondary N) is 1. The zero-order valence-corrected chi connectivity index (χ0v) is 21.6. The Labute approximate surface area is 212 Å². The van der Waals surface area contributed by atoms with Gasteiger partial charge in [-0.3, -0.25) is 14.5 Å². The van der Waals surface area contributed by atoms with Crippen LogP contribution in [0.2, 0.25) is 0 Å². The number of hydrogen-bond acceptors (Lipinski definition) is 6. The lowest BCUT2D eigenvalue weighted by Crippen LogP contribution is -2.44. The van der Waals surface area contributed by atoms with E-state index >= 15 is 0 Å². The molecule has 1 saturated heterocycles. The number of piperidine rings is 1. The minimum absolute atomic E-state index is 0.0951. The predicted molar refractivity (Wildman–Crippen MR) is 136 cm³/mol. The summed E-state index contributed by atoms with van der Waals surface area (Å²) in [4.78, 5) is 26.7. The number of hydrogen-bond donors (Lipinski definition) is 1. The lowest BCUT2D eigenvalue weighted by molar-refractivity contribution is -0.144. The Morgan fingerprint density at radius 3 is 2.14 bits per heavy atom. The number of likely N-dealkylation sites (tertiary alicyclic amines) is 1. The van der Waals surface area contributed by atoms with Gasteiger partial charge in [0.1, 0.15) is 0 Å². The Hall–Kier alpha value is -3.13. The van der Waals surface area contributed by atoms with Gasteiger partial charge in [-0.1, -0.05) is 19.1 Å². The van der Waals surface area contributed by atoms with Crippen LogP contribution in [0.3, 0.4) is 0 Å². The van der Waals surface area contributed by atoms with Gasteiger partial charge in [-0.2, -0.15) is 4.39 Å². The van der Waals surface area contributed by atoms with E-state index in [1.54, 1.807) is 24.3 Å². The van der Waals surface area contributed by atoms with Gasteiger partial charge in [0, 0.05) is 31.2 Å². The number of carbonyl (C=O) groups is 2. The highest BCUT2D eigenvalue weighted by Gasteiger charge is 2.23. The van der Waals surface area contributed by atoms with Crippen molar-refractivity contribution in [3.63, 3.8) is 0 Å². The maximum absolute atomic E-state index is 14.5. The van der Waals surface area contributed by atoms with Crippen LogP contribution in [0.5, 0.6) is 11.5 Å². The van der Waals surface area contributed by atoms with Gasteiger partial charge >= 0.3 is 5.97 Å². The minimum atomic E-state index is -0.463. The van der Waals surface area contributed by atoms with Crippen molar-refractivity contribution in [1.29, 1.82) is 0 Å².